The Labute approximate surface area is 113 Å². The van der Waals surface area contributed by atoms with Crippen LogP contribution in [0.5, 0.6) is 0 Å². The van der Waals surface area contributed by atoms with Crippen LogP contribution in [0.3, 0.4) is 0 Å². The van der Waals surface area contributed by atoms with Crippen molar-refractivity contribution in [2.24, 2.45) is 0 Å². The first-order chi connectivity index (χ1) is 9.24. The molecule has 0 aromatic heterocycles. The monoisotopic (exact) mass is 252 g/mol. The quantitative estimate of drug-likeness (QED) is 0.848. The van der Waals surface area contributed by atoms with Crippen molar-refractivity contribution in [2.45, 2.75) is 11.7 Å². The Kier molecular flexibility index (Phi) is 2.97. The summed E-state index contributed by atoms with van der Waals surface area (Å²) in [6.07, 6.45) is -0.725. The Morgan fingerprint density at radius 2 is 1.58 bits per heavy atom. The Bertz CT molecular complexity index is 571. The minimum atomic E-state index is -0.725. The minimum absolute atomic E-state index is 0.532. The van der Waals surface area contributed by atoms with Crippen molar-refractivity contribution in [1.29, 1.82) is 0 Å². The van der Waals surface area contributed by atoms with E-state index in [1.165, 1.54) is 0 Å². The first-order valence-electron chi connectivity index (χ1n) is 6.36. The fraction of sp³-hybridized carbons (Fsp3) is 0.176. The van der Waals surface area contributed by atoms with E-state index in [0.717, 1.165) is 11.1 Å². The van der Waals surface area contributed by atoms with E-state index in [0.29, 0.717) is 12.2 Å². The van der Waals surface area contributed by atoms with Gasteiger partial charge in [-0.2, -0.15) is 0 Å². The maximum absolute atomic E-state index is 10.6. The number of ether oxygens (including phenoxy) is 1. The average molecular weight is 252 g/mol. The molecule has 2 aromatic carbocycles. The van der Waals surface area contributed by atoms with E-state index in [4.69, 9.17) is 4.74 Å². The molecular formula is C17H16O2. The number of rotatable bonds is 4. The molecule has 0 unspecified atom stereocenters. The van der Waals surface area contributed by atoms with Gasteiger partial charge >= 0.3 is 0 Å². The molecule has 0 aliphatic carbocycles. The predicted molar refractivity (Wildman–Crippen MR) is 75.6 cm³/mol. The lowest BCUT2D eigenvalue weighted by atomic mass is 9.87. The normalized spacial score (nSPS) is 22.8. The standard InChI is InChI=1S/C17H16O2/c1-13(14-8-4-2-5-9-14)16(18)17(12-19-17)15-10-6-3-7-11-15/h2-11,16,18H,1,12H2/t16-,17-/m1/s1. The Morgan fingerprint density at radius 1 is 1.05 bits per heavy atom. The van der Waals surface area contributed by atoms with Crippen molar-refractivity contribution in [2.75, 3.05) is 6.61 Å². The van der Waals surface area contributed by atoms with Crippen molar-refractivity contribution in [3.05, 3.63) is 78.4 Å². The van der Waals surface area contributed by atoms with Crippen LogP contribution in [0.25, 0.3) is 5.57 Å². The molecular weight excluding hydrogens is 236 g/mol. The summed E-state index contributed by atoms with van der Waals surface area (Å²) in [7, 11) is 0. The summed E-state index contributed by atoms with van der Waals surface area (Å²) in [6.45, 7) is 4.56. The topological polar surface area (TPSA) is 32.8 Å². The van der Waals surface area contributed by atoms with Crippen LogP contribution in [0, 0.1) is 0 Å². The summed E-state index contributed by atoms with van der Waals surface area (Å²) in [5.74, 6) is 0. The molecule has 0 spiro atoms. The average Bonchev–Trinajstić information content (AvgIpc) is 3.29. The largest absolute Gasteiger partial charge is 0.385 e. The highest BCUT2D eigenvalue weighted by molar-refractivity contribution is 5.68. The lowest BCUT2D eigenvalue weighted by molar-refractivity contribution is 0.119. The zero-order chi connectivity index (χ0) is 13.3. The summed E-state index contributed by atoms with van der Waals surface area (Å²) >= 11 is 0. The van der Waals surface area contributed by atoms with Gasteiger partial charge in [-0.1, -0.05) is 67.2 Å². The van der Waals surface area contributed by atoms with E-state index in [1.807, 2.05) is 60.7 Å². The van der Waals surface area contributed by atoms with Crippen LogP contribution in [-0.4, -0.2) is 17.8 Å². The molecule has 0 saturated carbocycles. The van der Waals surface area contributed by atoms with Gasteiger partial charge in [0.05, 0.1) is 6.61 Å². The molecule has 0 bridgehead atoms. The second kappa shape index (κ2) is 4.65. The zero-order valence-corrected chi connectivity index (χ0v) is 10.6. The molecule has 1 N–H and O–H groups in total. The smallest absolute Gasteiger partial charge is 0.146 e. The molecule has 2 heteroatoms. The molecule has 2 aromatic rings. The van der Waals surface area contributed by atoms with E-state index >= 15 is 0 Å². The van der Waals surface area contributed by atoms with Crippen LogP contribution in [0.1, 0.15) is 11.1 Å². The zero-order valence-electron chi connectivity index (χ0n) is 10.6. The number of benzene rings is 2. The van der Waals surface area contributed by atoms with E-state index < -0.39 is 11.7 Å². The van der Waals surface area contributed by atoms with Crippen molar-refractivity contribution >= 4 is 5.57 Å². The van der Waals surface area contributed by atoms with Gasteiger partial charge in [-0.3, -0.25) is 0 Å². The fourth-order valence-electron chi connectivity index (χ4n) is 2.37. The Hall–Kier alpha value is -1.90. The molecule has 3 rings (SSSR count). The van der Waals surface area contributed by atoms with E-state index in [1.54, 1.807) is 0 Å². The van der Waals surface area contributed by atoms with E-state index in [-0.39, 0.29) is 0 Å². The van der Waals surface area contributed by atoms with Crippen LogP contribution in [0.15, 0.2) is 67.2 Å². The summed E-state index contributed by atoms with van der Waals surface area (Å²) < 4.78 is 5.58. The third kappa shape index (κ3) is 2.09. The van der Waals surface area contributed by atoms with Crippen LogP contribution in [0.4, 0.5) is 0 Å². The molecule has 0 radical (unpaired) electrons. The van der Waals surface area contributed by atoms with Crippen LogP contribution < -0.4 is 0 Å². The molecule has 1 aliphatic heterocycles. The van der Waals surface area contributed by atoms with Gasteiger partial charge in [0.2, 0.25) is 0 Å². The molecule has 0 amide bonds. The minimum Gasteiger partial charge on any atom is -0.385 e. The number of hydrogen-bond donors (Lipinski definition) is 1. The molecule has 19 heavy (non-hydrogen) atoms. The van der Waals surface area contributed by atoms with Crippen molar-refractivity contribution in [3.8, 4) is 0 Å². The third-order valence-electron chi connectivity index (χ3n) is 3.63. The SMILES string of the molecule is C=C(c1ccccc1)[C@@H](O)[C@]1(c2ccccc2)CO1. The molecule has 96 valence electrons. The molecule has 1 saturated heterocycles. The van der Waals surface area contributed by atoms with Crippen LogP contribution in [0.2, 0.25) is 0 Å². The lowest BCUT2D eigenvalue weighted by Gasteiger charge is -2.22. The van der Waals surface area contributed by atoms with Crippen molar-refractivity contribution in [3.63, 3.8) is 0 Å². The van der Waals surface area contributed by atoms with Gasteiger partial charge in [-0.05, 0) is 16.7 Å². The maximum atomic E-state index is 10.6. The van der Waals surface area contributed by atoms with Gasteiger partial charge < -0.3 is 9.84 Å². The van der Waals surface area contributed by atoms with Gasteiger partial charge in [0.25, 0.3) is 0 Å². The first kappa shape index (κ1) is 12.2. The van der Waals surface area contributed by atoms with E-state index in [2.05, 4.69) is 6.58 Å². The number of hydrogen-bond acceptors (Lipinski definition) is 2. The number of epoxide rings is 1. The van der Waals surface area contributed by atoms with Gasteiger partial charge in [-0.25, -0.2) is 0 Å². The van der Waals surface area contributed by atoms with Crippen molar-refractivity contribution < 1.29 is 9.84 Å². The third-order valence-corrected chi connectivity index (χ3v) is 3.63. The van der Waals surface area contributed by atoms with Gasteiger partial charge in [-0.15, -0.1) is 0 Å². The van der Waals surface area contributed by atoms with Crippen LogP contribution in [-0.2, 0) is 10.3 Å². The van der Waals surface area contributed by atoms with Gasteiger partial charge in [0, 0.05) is 0 Å². The highest BCUT2D eigenvalue weighted by Gasteiger charge is 2.53. The molecule has 2 atom stereocenters. The highest BCUT2D eigenvalue weighted by Crippen LogP contribution is 2.45. The second-order valence-corrected chi connectivity index (χ2v) is 4.84. The molecule has 1 fully saturated rings. The van der Waals surface area contributed by atoms with Gasteiger partial charge in [0.1, 0.15) is 11.7 Å². The highest BCUT2D eigenvalue weighted by atomic mass is 16.6. The van der Waals surface area contributed by atoms with Gasteiger partial charge in [0.15, 0.2) is 0 Å². The summed E-state index contributed by atoms with van der Waals surface area (Å²) in [5, 5.41) is 10.6. The predicted octanol–water partition coefficient (Wildman–Crippen LogP) is 2.99. The summed E-state index contributed by atoms with van der Waals surface area (Å²) in [4.78, 5) is 0. The van der Waals surface area contributed by atoms with Crippen LogP contribution >= 0.6 is 0 Å². The first-order valence-corrected chi connectivity index (χ1v) is 6.36. The van der Waals surface area contributed by atoms with Crippen molar-refractivity contribution in [1.82, 2.24) is 0 Å². The number of aliphatic hydroxyl groups excluding tert-OH is 1. The molecule has 1 aliphatic rings. The second-order valence-electron chi connectivity index (χ2n) is 4.84. The Balaban J connectivity index is 1.89. The van der Waals surface area contributed by atoms with E-state index in [9.17, 15) is 5.11 Å². The lowest BCUT2D eigenvalue weighted by Crippen LogP contribution is -2.28. The summed E-state index contributed by atoms with van der Waals surface area (Å²) in [6, 6.07) is 19.6. The molecule has 1 heterocycles. The molecule has 2 nitrogen and oxygen atoms in total. The number of aliphatic hydroxyl groups is 1. The maximum Gasteiger partial charge on any atom is 0.146 e. The summed E-state index contributed by atoms with van der Waals surface area (Å²) in [5.41, 5.74) is 2.02. The fourth-order valence-corrected chi connectivity index (χ4v) is 2.37. The Morgan fingerprint density at radius 3 is 2.11 bits per heavy atom.